The molecular formula is C12H26Si. The van der Waals surface area contributed by atoms with Crippen molar-refractivity contribution in [2.24, 2.45) is 5.92 Å². The molecule has 0 aliphatic heterocycles. The molecular weight excluding hydrogens is 172 g/mol. The summed E-state index contributed by atoms with van der Waals surface area (Å²) in [7, 11) is -0.997. The highest BCUT2D eigenvalue weighted by Gasteiger charge is 2.24. The number of hydrogen-bond acceptors (Lipinski definition) is 0. The highest BCUT2D eigenvalue weighted by Crippen LogP contribution is 2.31. The summed E-state index contributed by atoms with van der Waals surface area (Å²) in [6, 6.07) is 0. The second-order valence-electron chi connectivity index (χ2n) is 5.34. The van der Waals surface area contributed by atoms with Crippen LogP contribution in [0.25, 0.3) is 0 Å². The van der Waals surface area contributed by atoms with E-state index in [0.717, 1.165) is 11.5 Å². The summed E-state index contributed by atoms with van der Waals surface area (Å²) in [6.07, 6.45) is 6.23. The third-order valence-corrected chi connectivity index (χ3v) is 5.53. The molecule has 0 aliphatic rings. The molecule has 78 valence electrons. The predicted octanol–water partition coefficient (Wildman–Crippen LogP) is 4.71. The van der Waals surface area contributed by atoms with Crippen molar-refractivity contribution in [1.82, 2.24) is 0 Å². The minimum absolute atomic E-state index is 0.800. The molecule has 0 nitrogen and oxygen atoms in total. The Morgan fingerprint density at radius 3 is 2.15 bits per heavy atom. The monoisotopic (exact) mass is 198 g/mol. The fourth-order valence-electron chi connectivity index (χ4n) is 1.85. The number of allylic oxidation sites excluding steroid dienone is 1. The molecule has 0 aromatic carbocycles. The maximum atomic E-state index is 3.98. The van der Waals surface area contributed by atoms with Crippen LogP contribution in [0, 0.1) is 5.92 Å². The minimum Gasteiger partial charge on any atom is -0.103 e. The average molecular weight is 198 g/mol. The van der Waals surface area contributed by atoms with Gasteiger partial charge in [-0.2, -0.15) is 0 Å². The van der Waals surface area contributed by atoms with Gasteiger partial charge in [0.15, 0.2) is 0 Å². The molecule has 2 atom stereocenters. The van der Waals surface area contributed by atoms with E-state index in [1.54, 1.807) is 0 Å². The first-order valence-corrected chi connectivity index (χ1v) is 9.12. The Morgan fingerprint density at radius 1 is 1.31 bits per heavy atom. The molecule has 2 unspecified atom stereocenters. The molecule has 0 bridgehead atoms. The molecule has 0 saturated heterocycles. The van der Waals surface area contributed by atoms with Gasteiger partial charge in [-0.3, -0.25) is 0 Å². The van der Waals surface area contributed by atoms with Crippen LogP contribution in [-0.2, 0) is 0 Å². The fourth-order valence-corrected chi connectivity index (χ4v) is 3.66. The van der Waals surface area contributed by atoms with Crippen LogP contribution >= 0.6 is 0 Å². The van der Waals surface area contributed by atoms with Gasteiger partial charge in [-0.15, -0.1) is 6.58 Å². The average Bonchev–Trinajstić information content (AvgIpc) is 1.98. The zero-order valence-corrected chi connectivity index (χ0v) is 11.1. The van der Waals surface area contributed by atoms with E-state index in [1.807, 2.05) is 0 Å². The maximum Gasteiger partial charge on any atom is 0.0513 e. The third-order valence-electron chi connectivity index (χ3n) is 2.83. The molecule has 0 aromatic heterocycles. The summed E-state index contributed by atoms with van der Waals surface area (Å²) in [5, 5.41) is 0. The molecule has 0 aliphatic carbocycles. The first-order chi connectivity index (χ1) is 5.91. The molecule has 0 N–H and O–H groups in total. The zero-order chi connectivity index (χ0) is 10.5. The molecule has 0 amide bonds. The highest BCUT2D eigenvalue weighted by atomic mass is 28.3. The maximum absolute atomic E-state index is 3.98. The van der Waals surface area contributed by atoms with Gasteiger partial charge in [0.25, 0.3) is 0 Å². The van der Waals surface area contributed by atoms with E-state index < -0.39 is 8.07 Å². The summed E-state index contributed by atoms with van der Waals surface area (Å²) in [5.41, 5.74) is 0.800. The second-order valence-corrected chi connectivity index (χ2v) is 10.8. The van der Waals surface area contributed by atoms with Crippen molar-refractivity contribution in [2.75, 3.05) is 0 Å². The lowest BCUT2D eigenvalue weighted by Gasteiger charge is -2.28. The van der Waals surface area contributed by atoms with Gasteiger partial charge in [0.05, 0.1) is 8.07 Å². The quantitative estimate of drug-likeness (QED) is 0.428. The lowest BCUT2D eigenvalue weighted by atomic mass is 10.0. The highest BCUT2D eigenvalue weighted by molar-refractivity contribution is 6.78. The molecule has 0 spiro atoms. The van der Waals surface area contributed by atoms with Gasteiger partial charge < -0.3 is 0 Å². The van der Waals surface area contributed by atoms with E-state index in [9.17, 15) is 0 Å². The Bertz CT molecular complexity index is 144. The van der Waals surface area contributed by atoms with Crippen LogP contribution < -0.4 is 0 Å². The van der Waals surface area contributed by atoms with E-state index in [1.165, 1.54) is 19.3 Å². The van der Waals surface area contributed by atoms with Gasteiger partial charge in [-0.25, -0.2) is 0 Å². The summed E-state index contributed by atoms with van der Waals surface area (Å²) in [4.78, 5) is 0. The Labute approximate surface area is 85.4 Å². The Balaban J connectivity index is 4.05. The molecule has 0 heterocycles. The van der Waals surface area contributed by atoms with E-state index in [2.05, 4.69) is 46.1 Å². The molecule has 0 aromatic rings. The summed E-state index contributed by atoms with van der Waals surface area (Å²) in [6.45, 7) is 15.9. The zero-order valence-electron chi connectivity index (χ0n) is 10.1. The van der Waals surface area contributed by atoms with Crippen LogP contribution in [0.15, 0.2) is 12.7 Å². The largest absolute Gasteiger partial charge is 0.103 e. The van der Waals surface area contributed by atoms with Crippen molar-refractivity contribution in [2.45, 2.75) is 58.3 Å². The smallest absolute Gasteiger partial charge is 0.0513 e. The molecule has 13 heavy (non-hydrogen) atoms. The van der Waals surface area contributed by atoms with E-state index in [-0.39, 0.29) is 0 Å². The first kappa shape index (κ1) is 13.0. The lowest BCUT2D eigenvalue weighted by Crippen LogP contribution is -2.28. The van der Waals surface area contributed by atoms with Gasteiger partial charge in [-0.05, 0) is 17.9 Å². The van der Waals surface area contributed by atoms with Crippen molar-refractivity contribution in [1.29, 1.82) is 0 Å². The normalized spacial score (nSPS) is 16.7. The van der Waals surface area contributed by atoms with Crippen LogP contribution in [0.5, 0.6) is 0 Å². The Morgan fingerprint density at radius 2 is 1.85 bits per heavy atom. The minimum atomic E-state index is -0.997. The molecule has 1 heteroatoms. The molecule has 0 fully saturated rings. The Kier molecular flexibility index (Phi) is 5.62. The topological polar surface area (TPSA) is 0 Å². The molecule has 0 rings (SSSR count). The number of rotatable bonds is 6. The van der Waals surface area contributed by atoms with Crippen molar-refractivity contribution >= 4 is 8.07 Å². The van der Waals surface area contributed by atoms with Crippen LogP contribution in [0.1, 0.15) is 33.1 Å². The molecule has 0 radical (unpaired) electrons. The van der Waals surface area contributed by atoms with Gasteiger partial charge in [0.2, 0.25) is 0 Å². The fraction of sp³-hybridized carbons (Fsp3) is 0.833. The second kappa shape index (κ2) is 5.64. The lowest BCUT2D eigenvalue weighted by molar-refractivity contribution is 0.486. The van der Waals surface area contributed by atoms with Crippen LogP contribution in [0.4, 0.5) is 0 Å². The van der Waals surface area contributed by atoms with Crippen molar-refractivity contribution < 1.29 is 0 Å². The summed E-state index contributed by atoms with van der Waals surface area (Å²) >= 11 is 0. The van der Waals surface area contributed by atoms with Gasteiger partial charge in [-0.1, -0.05) is 52.4 Å². The van der Waals surface area contributed by atoms with Crippen molar-refractivity contribution in [3.05, 3.63) is 12.7 Å². The van der Waals surface area contributed by atoms with E-state index in [0.29, 0.717) is 0 Å². The molecule has 0 saturated carbocycles. The van der Waals surface area contributed by atoms with E-state index >= 15 is 0 Å². The Hall–Kier alpha value is -0.0431. The summed E-state index contributed by atoms with van der Waals surface area (Å²) < 4.78 is 0. The van der Waals surface area contributed by atoms with Crippen molar-refractivity contribution in [3.63, 3.8) is 0 Å². The number of hydrogen-bond donors (Lipinski definition) is 0. The van der Waals surface area contributed by atoms with Gasteiger partial charge in [0, 0.05) is 0 Å². The third kappa shape index (κ3) is 5.30. The van der Waals surface area contributed by atoms with Gasteiger partial charge in [0.1, 0.15) is 0 Å². The summed E-state index contributed by atoms with van der Waals surface area (Å²) in [5.74, 6) is 0.875. The van der Waals surface area contributed by atoms with Crippen LogP contribution in [0.2, 0.25) is 25.2 Å². The van der Waals surface area contributed by atoms with Gasteiger partial charge >= 0.3 is 0 Å². The van der Waals surface area contributed by atoms with Crippen LogP contribution in [0.3, 0.4) is 0 Å². The van der Waals surface area contributed by atoms with Crippen LogP contribution in [-0.4, -0.2) is 8.07 Å². The predicted molar refractivity (Wildman–Crippen MR) is 66.0 cm³/mol. The van der Waals surface area contributed by atoms with E-state index in [4.69, 9.17) is 0 Å². The SMILES string of the molecule is C=CC(CC(C)CCC)[Si](C)(C)C. The first-order valence-electron chi connectivity index (χ1n) is 5.54. The van der Waals surface area contributed by atoms with Crippen molar-refractivity contribution in [3.8, 4) is 0 Å². The standard InChI is InChI=1S/C12H26Si/c1-7-9-11(3)10-12(8-2)13(4,5)6/h8,11-12H,2,7,9-10H2,1,3-6H3.